The maximum atomic E-state index is 14.3. The minimum atomic E-state index is -3.93. The summed E-state index contributed by atoms with van der Waals surface area (Å²) in [6.45, 7) is 3.94. The Morgan fingerprint density at radius 1 is 1.18 bits per heavy atom. The monoisotopic (exact) mass is 568 g/mol. The van der Waals surface area contributed by atoms with E-state index in [2.05, 4.69) is 26.8 Å². The molecule has 0 radical (unpaired) electrons. The molecule has 1 aromatic heterocycles. The first-order valence-corrected chi connectivity index (χ1v) is 15.1. The molecule has 0 bridgehead atoms. The number of hydrogen-bond acceptors (Lipinski definition) is 5. The summed E-state index contributed by atoms with van der Waals surface area (Å²) in [5.41, 5.74) is 2.21. The van der Waals surface area contributed by atoms with Gasteiger partial charge in [0.25, 0.3) is 5.91 Å². The van der Waals surface area contributed by atoms with Crippen molar-refractivity contribution in [1.29, 1.82) is 0 Å². The molecule has 7 nitrogen and oxygen atoms in total. The number of aromatic amines is 1. The third-order valence-electron chi connectivity index (χ3n) is 7.25. The van der Waals surface area contributed by atoms with Crippen LogP contribution < -0.4 is 10.6 Å². The fourth-order valence-electron chi connectivity index (χ4n) is 5.04. The zero-order chi connectivity index (χ0) is 28.9. The Labute approximate surface area is 234 Å². The van der Waals surface area contributed by atoms with Crippen LogP contribution in [0.25, 0.3) is 0 Å². The van der Waals surface area contributed by atoms with Gasteiger partial charge in [0, 0.05) is 22.9 Å². The number of sulfone groups is 1. The summed E-state index contributed by atoms with van der Waals surface area (Å²) in [5.74, 6) is 0.107. The molecule has 3 N–H and O–H groups in total. The first-order valence-electron chi connectivity index (χ1n) is 13.4. The van der Waals surface area contributed by atoms with E-state index in [4.69, 9.17) is 6.42 Å². The molecule has 212 valence electrons. The van der Waals surface area contributed by atoms with Gasteiger partial charge >= 0.3 is 0 Å². The number of rotatable bonds is 13. The van der Waals surface area contributed by atoms with Crippen molar-refractivity contribution in [1.82, 2.24) is 20.8 Å². The topological polar surface area (TPSA) is 104 Å². The summed E-state index contributed by atoms with van der Waals surface area (Å²) in [6, 6.07) is 11.0. The molecule has 3 aromatic rings. The average Bonchev–Trinajstić information content (AvgIpc) is 3.57. The molecule has 2 atom stereocenters. The molecule has 10 heteroatoms. The van der Waals surface area contributed by atoms with Crippen LogP contribution in [0.5, 0.6) is 0 Å². The second-order valence-electron chi connectivity index (χ2n) is 10.4. The van der Waals surface area contributed by atoms with Gasteiger partial charge in [-0.1, -0.05) is 31.4 Å². The third kappa shape index (κ3) is 6.95. The van der Waals surface area contributed by atoms with Crippen molar-refractivity contribution in [2.24, 2.45) is 0 Å². The zero-order valence-corrected chi connectivity index (χ0v) is 23.5. The van der Waals surface area contributed by atoms with E-state index in [-0.39, 0.29) is 29.0 Å². The molecule has 1 unspecified atom stereocenters. The van der Waals surface area contributed by atoms with Crippen molar-refractivity contribution in [3.63, 3.8) is 0 Å². The van der Waals surface area contributed by atoms with E-state index in [1.54, 1.807) is 13.0 Å². The summed E-state index contributed by atoms with van der Waals surface area (Å²) in [7, 11) is -3.93. The highest BCUT2D eigenvalue weighted by molar-refractivity contribution is 7.91. The number of amides is 1. The molecule has 40 heavy (non-hydrogen) atoms. The van der Waals surface area contributed by atoms with Crippen LogP contribution in [-0.2, 0) is 15.4 Å². The van der Waals surface area contributed by atoms with Gasteiger partial charge in [-0.3, -0.25) is 9.89 Å². The first-order chi connectivity index (χ1) is 19.1. The van der Waals surface area contributed by atoms with E-state index in [9.17, 15) is 22.0 Å². The zero-order valence-electron chi connectivity index (χ0n) is 22.6. The Hall–Kier alpha value is -3.55. The summed E-state index contributed by atoms with van der Waals surface area (Å²) >= 11 is 0. The highest BCUT2D eigenvalue weighted by atomic mass is 32.2. The third-order valence-corrected chi connectivity index (χ3v) is 9.49. The standard InChI is InChI=1S/C30H34F2N4O3S/c1-4-6-14-40(38,39)28(22-17-24(31)19-25(32)18-22)26(34-29(37)27-15-20(3)35-36-27)10-13-33-30(11-12-30)23-9-7-8-21(5-2)16-23/h2,7-9,15-19,26,28,33H,4,6,10-14H2,1,3H3,(H,34,37)(H,35,36)/t26-,28?/m0/s1. The quantitative estimate of drug-likeness (QED) is 0.259. The van der Waals surface area contributed by atoms with Crippen molar-refractivity contribution >= 4 is 15.7 Å². The number of unbranched alkanes of at least 4 members (excludes halogenated alkanes) is 1. The molecule has 1 aliphatic rings. The smallest absolute Gasteiger partial charge is 0.272 e. The van der Waals surface area contributed by atoms with E-state index < -0.39 is 38.7 Å². The van der Waals surface area contributed by atoms with Gasteiger partial charge in [0.15, 0.2) is 9.84 Å². The summed E-state index contributed by atoms with van der Waals surface area (Å²) in [4.78, 5) is 13.2. The van der Waals surface area contributed by atoms with Crippen molar-refractivity contribution in [3.05, 3.63) is 88.2 Å². The normalized spacial score (nSPS) is 15.7. The Kier molecular flexibility index (Phi) is 9.06. The molecule has 0 spiro atoms. The molecular formula is C30H34F2N4O3S. The SMILES string of the molecule is C#Cc1cccc(C2(NCC[C@H](NC(=O)c3cc(C)[nH]n3)C(c3cc(F)cc(F)c3)S(=O)(=O)CCCC)CC2)c1. The molecule has 1 aliphatic carbocycles. The van der Waals surface area contributed by atoms with E-state index in [1.807, 2.05) is 31.2 Å². The second-order valence-corrected chi connectivity index (χ2v) is 12.6. The van der Waals surface area contributed by atoms with Crippen LogP contribution >= 0.6 is 0 Å². The van der Waals surface area contributed by atoms with Gasteiger partial charge < -0.3 is 10.6 Å². The molecule has 1 fully saturated rings. The van der Waals surface area contributed by atoms with E-state index in [0.717, 1.165) is 36.1 Å². The minimum Gasteiger partial charge on any atom is -0.346 e. The van der Waals surface area contributed by atoms with Crippen LogP contribution in [0.15, 0.2) is 48.5 Å². The van der Waals surface area contributed by atoms with Crippen molar-refractivity contribution in [2.75, 3.05) is 12.3 Å². The number of H-pyrrole nitrogens is 1. The van der Waals surface area contributed by atoms with Gasteiger partial charge in [-0.25, -0.2) is 17.2 Å². The summed E-state index contributed by atoms with van der Waals surface area (Å²) in [6.07, 6.45) is 8.50. The first kappa shape index (κ1) is 29.4. The lowest BCUT2D eigenvalue weighted by molar-refractivity contribution is 0.0928. The van der Waals surface area contributed by atoms with Crippen LogP contribution in [0.4, 0.5) is 8.78 Å². The van der Waals surface area contributed by atoms with E-state index >= 15 is 0 Å². The molecule has 0 saturated heterocycles. The van der Waals surface area contributed by atoms with Crippen LogP contribution in [0, 0.1) is 30.9 Å². The number of hydrogen-bond donors (Lipinski definition) is 3. The Morgan fingerprint density at radius 2 is 1.90 bits per heavy atom. The lowest BCUT2D eigenvalue weighted by Crippen LogP contribution is -2.45. The number of terminal acetylenes is 1. The molecule has 2 aromatic carbocycles. The number of nitrogens with zero attached hydrogens (tertiary/aromatic N) is 1. The van der Waals surface area contributed by atoms with Gasteiger partial charge in [0.1, 0.15) is 22.6 Å². The fourth-order valence-corrected chi connectivity index (χ4v) is 7.24. The summed E-state index contributed by atoms with van der Waals surface area (Å²) in [5, 5.41) is 11.7. The summed E-state index contributed by atoms with van der Waals surface area (Å²) < 4.78 is 56.0. The highest BCUT2D eigenvalue weighted by Crippen LogP contribution is 2.45. The highest BCUT2D eigenvalue weighted by Gasteiger charge is 2.44. The second kappa shape index (κ2) is 12.3. The molecule has 1 heterocycles. The molecule has 4 rings (SSSR count). The maximum absolute atomic E-state index is 14.3. The molecule has 1 amide bonds. The number of carbonyl (C=O) groups excluding carboxylic acids is 1. The lowest BCUT2D eigenvalue weighted by Gasteiger charge is -2.29. The van der Waals surface area contributed by atoms with Gasteiger partial charge in [-0.15, -0.1) is 6.42 Å². The van der Waals surface area contributed by atoms with E-state index in [1.165, 1.54) is 0 Å². The van der Waals surface area contributed by atoms with Crippen LogP contribution in [0.1, 0.15) is 77.2 Å². The number of aryl methyl sites for hydroxylation is 1. The van der Waals surface area contributed by atoms with Gasteiger partial charge in [0.2, 0.25) is 0 Å². The number of benzene rings is 2. The Morgan fingerprint density at radius 3 is 2.50 bits per heavy atom. The van der Waals surface area contributed by atoms with E-state index in [0.29, 0.717) is 31.1 Å². The minimum absolute atomic E-state index is 0.0417. The molecule has 1 saturated carbocycles. The number of nitrogens with one attached hydrogen (secondary N) is 3. The Balaban J connectivity index is 1.66. The predicted octanol–water partition coefficient (Wildman–Crippen LogP) is 4.70. The van der Waals surface area contributed by atoms with Crippen molar-refractivity contribution in [2.45, 2.75) is 62.8 Å². The Bertz CT molecular complexity index is 1490. The number of aromatic nitrogens is 2. The lowest BCUT2D eigenvalue weighted by atomic mass is 9.99. The number of halogens is 2. The van der Waals surface area contributed by atoms with Gasteiger partial charge in [-0.2, -0.15) is 5.10 Å². The van der Waals surface area contributed by atoms with Gasteiger partial charge in [-0.05, 0) is 80.6 Å². The average molecular weight is 569 g/mol. The largest absolute Gasteiger partial charge is 0.346 e. The van der Waals surface area contributed by atoms with Crippen LogP contribution in [-0.4, -0.2) is 42.9 Å². The maximum Gasteiger partial charge on any atom is 0.272 e. The fraction of sp³-hybridized carbons (Fsp3) is 0.400. The number of carbonyl (C=O) groups is 1. The molecular weight excluding hydrogens is 534 g/mol. The van der Waals surface area contributed by atoms with Gasteiger partial charge in [0.05, 0.1) is 11.8 Å². The molecule has 0 aliphatic heterocycles. The predicted molar refractivity (Wildman–Crippen MR) is 150 cm³/mol. The van der Waals surface area contributed by atoms with Crippen molar-refractivity contribution < 1.29 is 22.0 Å². The van der Waals surface area contributed by atoms with Crippen LogP contribution in [0.2, 0.25) is 0 Å². The van der Waals surface area contributed by atoms with Crippen LogP contribution in [0.3, 0.4) is 0 Å². The van der Waals surface area contributed by atoms with Crippen molar-refractivity contribution in [3.8, 4) is 12.3 Å².